The van der Waals surface area contributed by atoms with Crippen molar-refractivity contribution in [1.82, 2.24) is 4.98 Å². The number of benzene rings is 2. The number of amides is 2. The van der Waals surface area contributed by atoms with Crippen LogP contribution in [0, 0.1) is 0 Å². The molecule has 2 amide bonds. The molecule has 1 N–H and O–H groups in total. The number of pyridine rings is 1. The fourth-order valence-electron chi connectivity index (χ4n) is 4.25. The molecule has 0 bridgehead atoms. The molecule has 1 aromatic heterocycles. The summed E-state index contributed by atoms with van der Waals surface area (Å²) in [5.74, 6) is -0.117. The molecule has 0 fully saturated rings. The second kappa shape index (κ2) is 9.29. The fraction of sp³-hybridized carbons (Fsp3) is 0.321. The first-order valence-electron chi connectivity index (χ1n) is 11.6. The van der Waals surface area contributed by atoms with Crippen LogP contribution < -0.4 is 15.1 Å². The van der Waals surface area contributed by atoms with E-state index in [0.717, 1.165) is 34.7 Å². The number of carbonyl (C=O) groups excluding carboxylic acids is 2. The van der Waals surface area contributed by atoms with Crippen molar-refractivity contribution in [2.75, 3.05) is 35.8 Å². The third-order valence-corrected chi connectivity index (χ3v) is 6.18. The van der Waals surface area contributed by atoms with Gasteiger partial charge >= 0.3 is 0 Å². The molecule has 3 aromatic rings. The van der Waals surface area contributed by atoms with Crippen LogP contribution in [-0.4, -0.2) is 37.4 Å². The molecule has 0 aliphatic carbocycles. The molecule has 176 valence electrons. The molecule has 0 unspecified atom stereocenters. The summed E-state index contributed by atoms with van der Waals surface area (Å²) < 4.78 is 0. The highest BCUT2D eigenvalue weighted by molar-refractivity contribution is 6.08. The molecule has 2 aromatic carbocycles. The first kappa shape index (κ1) is 23.5. The number of fused-ring (bicyclic) bond motifs is 1. The quantitative estimate of drug-likeness (QED) is 0.597. The Kier molecular flexibility index (Phi) is 6.42. The number of hydrogen-bond acceptors (Lipinski definition) is 4. The minimum Gasteiger partial charge on any atom is -0.377 e. The normalized spacial score (nSPS) is 12.9. The summed E-state index contributed by atoms with van der Waals surface area (Å²) in [5, 5.41) is 3.05. The van der Waals surface area contributed by atoms with E-state index in [1.165, 1.54) is 5.56 Å². The van der Waals surface area contributed by atoms with Crippen molar-refractivity contribution in [3.8, 4) is 0 Å². The summed E-state index contributed by atoms with van der Waals surface area (Å²) in [4.78, 5) is 34.0. The molecular formula is C28H32N4O2. The summed E-state index contributed by atoms with van der Waals surface area (Å²) in [7, 11) is 3.90. The average molecular weight is 457 g/mol. The number of nitrogens with zero attached hydrogens (tertiary/aromatic N) is 3. The van der Waals surface area contributed by atoms with E-state index in [2.05, 4.69) is 37.1 Å². The number of rotatable bonds is 5. The van der Waals surface area contributed by atoms with Gasteiger partial charge in [-0.2, -0.15) is 0 Å². The summed E-state index contributed by atoms with van der Waals surface area (Å²) in [6.07, 6.45) is 2.74. The van der Waals surface area contributed by atoms with E-state index >= 15 is 0 Å². The van der Waals surface area contributed by atoms with Gasteiger partial charge in [0, 0.05) is 49.6 Å². The number of nitrogens with one attached hydrogen (secondary N) is 1. The van der Waals surface area contributed by atoms with E-state index in [1.54, 1.807) is 6.20 Å². The van der Waals surface area contributed by atoms with Crippen molar-refractivity contribution >= 4 is 28.9 Å². The molecule has 0 saturated heterocycles. The fourth-order valence-corrected chi connectivity index (χ4v) is 4.25. The van der Waals surface area contributed by atoms with Gasteiger partial charge in [0.15, 0.2) is 0 Å². The van der Waals surface area contributed by atoms with Gasteiger partial charge in [-0.15, -0.1) is 0 Å². The lowest BCUT2D eigenvalue weighted by Crippen LogP contribution is -2.30. The highest BCUT2D eigenvalue weighted by Crippen LogP contribution is 2.32. The molecule has 6 nitrogen and oxygen atoms in total. The van der Waals surface area contributed by atoms with Gasteiger partial charge in [0.1, 0.15) is 0 Å². The van der Waals surface area contributed by atoms with E-state index in [4.69, 9.17) is 0 Å². The molecule has 0 saturated carbocycles. The zero-order chi connectivity index (χ0) is 24.5. The van der Waals surface area contributed by atoms with Crippen LogP contribution in [0.4, 0.5) is 17.1 Å². The van der Waals surface area contributed by atoms with E-state index in [9.17, 15) is 9.59 Å². The van der Waals surface area contributed by atoms with Crippen LogP contribution in [0.1, 0.15) is 48.0 Å². The lowest BCUT2D eigenvalue weighted by molar-refractivity contribution is -0.117. The monoisotopic (exact) mass is 456 g/mol. The van der Waals surface area contributed by atoms with E-state index in [0.29, 0.717) is 12.1 Å². The van der Waals surface area contributed by atoms with Crippen molar-refractivity contribution in [2.45, 2.75) is 39.0 Å². The molecule has 1 aliphatic heterocycles. The summed E-state index contributed by atoms with van der Waals surface area (Å²) in [6.45, 7) is 7.13. The second-order valence-corrected chi connectivity index (χ2v) is 9.97. The first-order valence-corrected chi connectivity index (χ1v) is 11.6. The SMILES string of the molecule is CN(C)c1cc(C(C)(C)C)ccc1C(=O)Nc1ccc2c(c1)CCN2C(=O)Cc1ccccn1. The second-order valence-electron chi connectivity index (χ2n) is 9.97. The highest BCUT2D eigenvalue weighted by atomic mass is 16.2. The highest BCUT2D eigenvalue weighted by Gasteiger charge is 2.26. The zero-order valence-electron chi connectivity index (χ0n) is 20.6. The largest absolute Gasteiger partial charge is 0.377 e. The minimum absolute atomic E-state index is 0.000365. The third kappa shape index (κ3) is 4.96. The van der Waals surface area contributed by atoms with Crippen molar-refractivity contribution in [3.05, 3.63) is 83.2 Å². The van der Waals surface area contributed by atoms with Crippen LogP contribution in [0.3, 0.4) is 0 Å². The lowest BCUT2D eigenvalue weighted by atomic mass is 9.86. The maximum absolute atomic E-state index is 13.2. The summed E-state index contributed by atoms with van der Waals surface area (Å²) in [5.41, 5.74) is 6.15. The Bertz CT molecular complexity index is 1210. The van der Waals surface area contributed by atoms with Gasteiger partial charge in [-0.05, 0) is 65.4 Å². The van der Waals surface area contributed by atoms with Gasteiger partial charge in [0.25, 0.3) is 5.91 Å². The van der Waals surface area contributed by atoms with Crippen LogP contribution in [0.25, 0.3) is 0 Å². The standard InChI is InChI=1S/C28H32N4O2/c1-28(2,3)20-9-11-23(25(17-20)31(4)5)27(34)30-22-10-12-24-19(16-22)13-15-32(24)26(33)18-21-8-6-7-14-29-21/h6-12,14,16-17H,13,15,18H2,1-5H3,(H,30,34). The molecule has 1 aliphatic rings. The van der Waals surface area contributed by atoms with Gasteiger partial charge in [0.05, 0.1) is 12.0 Å². The first-order chi connectivity index (χ1) is 16.1. The molecule has 0 atom stereocenters. The Morgan fingerprint density at radius 1 is 1.06 bits per heavy atom. The predicted molar refractivity (Wildman–Crippen MR) is 138 cm³/mol. The predicted octanol–water partition coefficient (Wildman–Crippen LogP) is 4.83. The smallest absolute Gasteiger partial charge is 0.257 e. The molecule has 34 heavy (non-hydrogen) atoms. The Morgan fingerprint density at radius 2 is 1.85 bits per heavy atom. The Hall–Kier alpha value is -3.67. The zero-order valence-corrected chi connectivity index (χ0v) is 20.6. The van der Waals surface area contributed by atoms with Gasteiger partial charge in [-0.3, -0.25) is 14.6 Å². The van der Waals surface area contributed by atoms with Crippen molar-refractivity contribution in [2.24, 2.45) is 0 Å². The molecule has 2 heterocycles. The van der Waals surface area contributed by atoms with Crippen LogP contribution in [0.2, 0.25) is 0 Å². The van der Waals surface area contributed by atoms with Gasteiger partial charge in [0.2, 0.25) is 5.91 Å². The van der Waals surface area contributed by atoms with E-state index in [1.807, 2.05) is 72.4 Å². The Morgan fingerprint density at radius 3 is 2.53 bits per heavy atom. The van der Waals surface area contributed by atoms with Crippen LogP contribution in [-0.2, 0) is 23.1 Å². The molecule has 6 heteroatoms. The van der Waals surface area contributed by atoms with Gasteiger partial charge in [-0.25, -0.2) is 0 Å². The van der Waals surface area contributed by atoms with Crippen molar-refractivity contribution < 1.29 is 9.59 Å². The molecule has 0 spiro atoms. The number of carbonyl (C=O) groups is 2. The van der Waals surface area contributed by atoms with Crippen LogP contribution >= 0.6 is 0 Å². The van der Waals surface area contributed by atoms with Crippen LogP contribution in [0.5, 0.6) is 0 Å². The van der Waals surface area contributed by atoms with Crippen LogP contribution in [0.15, 0.2) is 60.8 Å². The average Bonchev–Trinajstić information content (AvgIpc) is 3.22. The Labute approximate surface area is 201 Å². The molecule has 4 rings (SSSR count). The third-order valence-electron chi connectivity index (χ3n) is 6.18. The number of anilines is 3. The maximum atomic E-state index is 13.2. The van der Waals surface area contributed by atoms with Crippen molar-refractivity contribution in [3.63, 3.8) is 0 Å². The summed E-state index contributed by atoms with van der Waals surface area (Å²) >= 11 is 0. The summed E-state index contributed by atoms with van der Waals surface area (Å²) in [6, 6.07) is 17.4. The minimum atomic E-state index is -0.148. The molecular weight excluding hydrogens is 424 g/mol. The van der Waals surface area contributed by atoms with Gasteiger partial charge in [-0.1, -0.05) is 32.9 Å². The van der Waals surface area contributed by atoms with Gasteiger partial charge < -0.3 is 15.1 Å². The topological polar surface area (TPSA) is 65.5 Å². The lowest BCUT2D eigenvalue weighted by Gasteiger charge is -2.24. The number of hydrogen-bond donors (Lipinski definition) is 1. The van der Waals surface area contributed by atoms with E-state index < -0.39 is 0 Å². The van der Waals surface area contributed by atoms with Crippen molar-refractivity contribution in [1.29, 1.82) is 0 Å². The maximum Gasteiger partial charge on any atom is 0.257 e. The molecule has 0 radical (unpaired) electrons. The van der Waals surface area contributed by atoms with E-state index in [-0.39, 0.29) is 23.7 Å². The Balaban J connectivity index is 1.51. The number of aromatic nitrogens is 1.